The van der Waals surface area contributed by atoms with Gasteiger partial charge in [-0.25, -0.2) is 8.78 Å². The molecule has 1 aromatic rings. The molecule has 0 saturated carbocycles. The molecule has 1 aromatic carbocycles. The first-order valence-electron chi connectivity index (χ1n) is 6.86. The highest BCUT2D eigenvalue weighted by molar-refractivity contribution is 5.75. The standard InChI is InChI=1S/C15H19F2NO2/c1-2-15(14(19)20)6-3-7-18(10-15)9-11-8-12(16)4-5-13(11)17/h4-5,8H,2-3,6-7,9-10H2,1H3,(H,19,20). The summed E-state index contributed by atoms with van der Waals surface area (Å²) in [5, 5.41) is 9.41. The molecule has 0 aromatic heterocycles. The van der Waals surface area contributed by atoms with Gasteiger partial charge in [0.1, 0.15) is 11.6 Å². The minimum Gasteiger partial charge on any atom is -0.481 e. The number of halogens is 2. The Kier molecular flexibility index (Phi) is 4.38. The second-order valence-corrected chi connectivity index (χ2v) is 5.49. The predicted octanol–water partition coefficient (Wildman–Crippen LogP) is 3.04. The van der Waals surface area contributed by atoms with E-state index in [9.17, 15) is 18.7 Å². The van der Waals surface area contributed by atoms with Crippen molar-refractivity contribution in [2.24, 2.45) is 5.41 Å². The highest BCUT2D eigenvalue weighted by atomic mass is 19.1. The van der Waals surface area contributed by atoms with Gasteiger partial charge in [-0.15, -0.1) is 0 Å². The lowest BCUT2D eigenvalue weighted by Crippen LogP contribution is -2.47. The summed E-state index contributed by atoms with van der Waals surface area (Å²) in [6.07, 6.45) is 1.95. The van der Waals surface area contributed by atoms with Crippen molar-refractivity contribution in [3.05, 3.63) is 35.4 Å². The van der Waals surface area contributed by atoms with Crippen LogP contribution in [-0.2, 0) is 11.3 Å². The molecule has 2 rings (SSSR count). The molecule has 0 aliphatic carbocycles. The summed E-state index contributed by atoms with van der Waals surface area (Å²) in [5.74, 6) is -1.72. The van der Waals surface area contributed by atoms with E-state index in [2.05, 4.69) is 0 Å². The molecule has 110 valence electrons. The minimum atomic E-state index is -0.801. The third kappa shape index (κ3) is 2.98. The molecule has 1 N–H and O–H groups in total. The van der Waals surface area contributed by atoms with E-state index in [1.165, 1.54) is 6.07 Å². The second kappa shape index (κ2) is 5.87. The number of likely N-dealkylation sites (tertiary alicyclic amines) is 1. The van der Waals surface area contributed by atoms with Gasteiger partial charge in [0.25, 0.3) is 0 Å². The quantitative estimate of drug-likeness (QED) is 0.923. The lowest BCUT2D eigenvalue weighted by Gasteiger charge is -2.39. The third-order valence-electron chi connectivity index (χ3n) is 4.19. The van der Waals surface area contributed by atoms with Crippen LogP contribution in [0.5, 0.6) is 0 Å². The smallest absolute Gasteiger partial charge is 0.310 e. The van der Waals surface area contributed by atoms with Crippen LogP contribution in [0, 0.1) is 17.0 Å². The average molecular weight is 283 g/mol. The molecule has 1 aliphatic rings. The lowest BCUT2D eigenvalue weighted by molar-refractivity contribution is -0.153. The number of benzene rings is 1. The average Bonchev–Trinajstić information content (AvgIpc) is 2.43. The van der Waals surface area contributed by atoms with E-state index in [-0.39, 0.29) is 12.1 Å². The van der Waals surface area contributed by atoms with E-state index in [1.54, 1.807) is 0 Å². The van der Waals surface area contributed by atoms with E-state index in [4.69, 9.17) is 0 Å². The van der Waals surface area contributed by atoms with Crippen LogP contribution in [0.25, 0.3) is 0 Å². The third-order valence-corrected chi connectivity index (χ3v) is 4.19. The fourth-order valence-electron chi connectivity index (χ4n) is 2.88. The molecule has 1 atom stereocenters. The SMILES string of the molecule is CCC1(C(=O)O)CCCN(Cc2cc(F)ccc2F)C1. The van der Waals surface area contributed by atoms with Crippen LogP contribution in [0.4, 0.5) is 8.78 Å². The van der Waals surface area contributed by atoms with Crippen molar-refractivity contribution in [3.8, 4) is 0 Å². The molecule has 0 radical (unpaired) electrons. The maximum atomic E-state index is 13.6. The highest BCUT2D eigenvalue weighted by Gasteiger charge is 2.40. The van der Waals surface area contributed by atoms with Gasteiger partial charge in [0.05, 0.1) is 5.41 Å². The van der Waals surface area contributed by atoms with Crippen LogP contribution in [0.2, 0.25) is 0 Å². The zero-order valence-corrected chi connectivity index (χ0v) is 11.5. The summed E-state index contributed by atoms with van der Waals surface area (Å²) >= 11 is 0. The molecule has 1 heterocycles. The van der Waals surface area contributed by atoms with E-state index in [0.29, 0.717) is 25.9 Å². The number of carbonyl (C=O) groups is 1. The molecule has 1 aliphatic heterocycles. The second-order valence-electron chi connectivity index (χ2n) is 5.49. The largest absolute Gasteiger partial charge is 0.481 e. The summed E-state index contributed by atoms with van der Waals surface area (Å²) in [6, 6.07) is 3.37. The van der Waals surface area contributed by atoms with Gasteiger partial charge >= 0.3 is 5.97 Å². The molecule has 0 bridgehead atoms. The fourth-order valence-corrected chi connectivity index (χ4v) is 2.88. The molecule has 20 heavy (non-hydrogen) atoms. The first-order valence-corrected chi connectivity index (χ1v) is 6.86. The maximum absolute atomic E-state index is 13.6. The van der Waals surface area contributed by atoms with Crippen molar-refractivity contribution in [1.82, 2.24) is 4.90 Å². The molecule has 1 saturated heterocycles. The van der Waals surface area contributed by atoms with Gasteiger partial charge < -0.3 is 5.11 Å². The summed E-state index contributed by atoms with van der Waals surface area (Å²) < 4.78 is 26.8. The summed E-state index contributed by atoms with van der Waals surface area (Å²) in [7, 11) is 0. The highest BCUT2D eigenvalue weighted by Crippen LogP contribution is 2.34. The monoisotopic (exact) mass is 283 g/mol. The molecule has 1 unspecified atom stereocenters. The van der Waals surface area contributed by atoms with Crippen LogP contribution in [-0.4, -0.2) is 29.1 Å². The molecular weight excluding hydrogens is 264 g/mol. The Hall–Kier alpha value is -1.49. The Bertz CT molecular complexity index is 507. The number of carboxylic acids is 1. The summed E-state index contributed by atoms with van der Waals surface area (Å²) in [4.78, 5) is 13.4. The van der Waals surface area contributed by atoms with E-state index < -0.39 is 23.0 Å². The van der Waals surface area contributed by atoms with Gasteiger partial charge in [-0.3, -0.25) is 9.69 Å². The van der Waals surface area contributed by atoms with Crippen molar-refractivity contribution in [1.29, 1.82) is 0 Å². The van der Waals surface area contributed by atoms with Gasteiger partial charge in [-0.1, -0.05) is 6.92 Å². The normalized spacial score (nSPS) is 23.8. The first kappa shape index (κ1) is 14.9. The maximum Gasteiger partial charge on any atom is 0.310 e. The zero-order valence-electron chi connectivity index (χ0n) is 11.5. The van der Waals surface area contributed by atoms with Crippen LogP contribution in [0.15, 0.2) is 18.2 Å². The summed E-state index contributed by atoms with van der Waals surface area (Å²) in [5.41, 5.74) is -0.482. The fraction of sp³-hybridized carbons (Fsp3) is 0.533. The topological polar surface area (TPSA) is 40.5 Å². The van der Waals surface area contributed by atoms with E-state index >= 15 is 0 Å². The molecule has 5 heteroatoms. The van der Waals surface area contributed by atoms with E-state index in [1.807, 2.05) is 11.8 Å². The van der Waals surface area contributed by atoms with E-state index in [0.717, 1.165) is 18.6 Å². The Morgan fingerprint density at radius 1 is 1.45 bits per heavy atom. The Morgan fingerprint density at radius 2 is 2.20 bits per heavy atom. The van der Waals surface area contributed by atoms with Gasteiger partial charge in [0, 0.05) is 18.7 Å². The number of hydrogen-bond acceptors (Lipinski definition) is 2. The molecule has 1 fully saturated rings. The zero-order chi connectivity index (χ0) is 14.8. The van der Waals surface area contributed by atoms with Gasteiger partial charge in [0.2, 0.25) is 0 Å². The van der Waals surface area contributed by atoms with Crippen molar-refractivity contribution < 1.29 is 18.7 Å². The van der Waals surface area contributed by atoms with Crippen molar-refractivity contribution in [2.75, 3.05) is 13.1 Å². The van der Waals surface area contributed by atoms with Crippen molar-refractivity contribution >= 4 is 5.97 Å². The van der Waals surface area contributed by atoms with Gasteiger partial charge in [0.15, 0.2) is 0 Å². The summed E-state index contributed by atoms with van der Waals surface area (Å²) in [6.45, 7) is 3.21. The number of hydrogen-bond donors (Lipinski definition) is 1. The minimum absolute atomic E-state index is 0.249. The predicted molar refractivity (Wildman–Crippen MR) is 71.2 cm³/mol. The number of piperidine rings is 1. The van der Waals surface area contributed by atoms with Crippen LogP contribution < -0.4 is 0 Å². The van der Waals surface area contributed by atoms with Gasteiger partial charge in [-0.05, 0) is 44.0 Å². The number of aliphatic carboxylic acids is 1. The van der Waals surface area contributed by atoms with Crippen molar-refractivity contribution in [2.45, 2.75) is 32.7 Å². The number of carboxylic acid groups (broad SMARTS) is 1. The first-order chi connectivity index (χ1) is 9.47. The molecule has 3 nitrogen and oxygen atoms in total. The molecule has 0 spiro atoms. The lowest BCUT2D eigenvalue weighted by atomic mass is 9.77. The van der Waals surface area contributed by atoms with Crippen LogP contribution in [0.3, 0.4) is 0 Å². The van der Waals surface area contributed by atoms with Crippen LogP contribution >= 0.6 is 0 Å². The van der Waals surface area contributed by atoms with Crippen LogP contribution in [0.1, 0.15) is 31.7 Å². The molecule has 0 amide bonds. The number of nitrogens with zero attached hydrogens (tertiary/aromatic N) is 1. The Morgan fingerprint density at radius 3 is 2.85 bits per heavy atom. The number of rotatable bonds is 4. The Balaban J connectivity index is 2.13. The molecular formula is C15H19F2NO2. The van der Waals surface area contributed by atoms with Crippen molar-refractivity contribution in [3.63, 3.8) is 0 Å². The Labute approximate surface area is 117 Å². The van der Waals surface area contributed by atoms with Gasteiger partial charge in [-0.2, -0.15) is 0 Å².